The monoisotopic (exact) mass is 443 g/mol. The summed E-state index contributed by atoms with van der Waals surface area (Å²) in [6.07, 6.45) is 0. The first-order chi connectivity index (χ1) is 16.1. The van der Waals surface area contributed by atoms with Crippen LogP contribution in [0, 0.1) is 0 Å². The third-order valence-electron chi connectivity index (χ3n) is 5.14. The molecule has 1 aromatic heterocycles. The standard InChI is InChI=1S/C24H17N3O6/c28-22(15-9-10-20-21(13-15)32-12-11-31-20)16-5-1-2-6-17(16)24(30)33-14-27-23(29)18-7-3-4-8-19(18)25-26-27/h1-10,13H,11-12,14H2. The molecule has 4 aromatic rings. The number of hydrogen-bond donors (Lipinski definition) is 0. The van der Waals surface area contributed by atoms with Gasteiger partial charge in [-0.3, -0.25) is 9.59 Å². The summed E-state index contributed by atoms with van der Waals surface area (Å²) in [5, 5.41) is 8.12. The number of carbonyl (C=O) groups is 2. The fraction of sp³-hybridized carbons (Fsp3) is 0.125. The average molecular weight is 443 g/mol. The summed E-state index contributed by atoms with van der Waals surface area (Å²) in [5.74, 6) is -0.102. The zero-order chi connectivity index (χ0) is 22.8. The van der Waals surface area contributed by atoms with Gasteiger partial charge in [0.2, 0.25) is 0 Å². The van der Waals surface area contributed by atoms with E-state index >= 15 is 0 Å². The predicted octanol–water partition coefficient (Wildman–Crippen LogP) is 2.61. The number of benzene rings is 3. The maximum Gasteiger partial charge on any atom is 0.340 e. The lowest BCUT2D eigenvalue weighted by Gasteiger charge is -2.18. The van der Waals surface area contributed by atoms with E-state index < -0.39 is 18.3 Å². The van der Waals surface area contributed by atoms with Crippen LogP contribution in [-0.2, 0) is 11.5 Å². The zero-order valence-electron chi connectivity index (χ0n) is 17.3. The summed E-state index contributed by atoms with van der Waals surface area (Å²) in [7, 11) is 0. The number of ether oxygens (including phenoxy) is 3. The molecule has 0 spiro atoms. The first-order valence-corrected chi connectivity index (χ1v) is 10.1. The SMILES string of the molecule is O=C(OCn1nnc2ccccc2c1=O)c1ccccc1C(=O)c1ccc2c(c1)OCCO2. The van der Waals surface area contributed by atoms with Gasteiger partial charge in [-0.15, -0.1) is 5.10 Å². The predicted molar refractivity (Wildman–Crippen MR) is 117 cm³/mol. The highest BCUT2D eigenvalue weighted by molar-refractivity contribution is 6.14. The van der Waals surface area contributed by atoms with Crippen molar-refractivity contribution < 1.29 is 23.8 Å². The highest BCUT2D eigenvalue weighted by atomic mass is 16.6. The van der Waals surface area contributed by atoms with Crippen LogP contribution in [0.2, 0.25) is 0 Å². The van der Waals surface area contributed by atoms with Crippen LogP contribution in [0.25, 0.3) is 10.9 Å². The summed E-state index contributed by atoms with van der Waals surface area (Å²) < 4.78 is 17.3. The number of esters is 1. The van der Waals surface area contributed by atoms with E-state index in [4.69, 9.17) is 14.2 Å². The molecular formula is C24H17N3O6. The Hall–Kier alpha value is -4.53. The Balaban J connectivity index is 1.38. The molecule has 1 aliphatic heterocycles. The third-order valence-corrected chi connectivity index (χ3v) is 5.14. The van der Waals surface area contributed by atoms with Crippen LogP contribution in [0.4, 0.5) is 0 Å². The zero-order valence-corrected chi connectivity index (χ0v) is 17.3. The van der Waals surface area contributed by atoms with E-state index in [1.807, 2.05) is 0 Å². The minimum atomic E-state index is -0.765. The minimum Gasteiger partial charge on any atom is -0.486 e. The molecule has 0 amide bonds. The van der Waals surface area contributed by atoms with Crippen LogP contribution >= 0.6 is 0 Å². The molecule has 9 nitrogen and oxygen atoms in total. The van der Waals surface area contributed by atoms with E-state index in [2.05, 4.69) is 10.3 Å². The number of ketones is 1. The Kier molecular flexibility index (Phi) is 5.27. The number of rotatable bonds is 5. The summed E-state index contributed by atoms with van der Waals surface area (Å²) in [6.45, 7) is 0.395. The molecule has 1 aliphatic rings. The van der Waals surface area contributed by atoms with Crippen molar-refractivity contribution in [1.29, 1.82) is 0 Å². The van der Waals surface area contributed by atoms with E-state index in [1.165, 1.54) is 12.1 Å². The van der Waals surface area contributed by atoms with Crippen LogP contribution in [-0.4, -0.2) is 40.0 Å². The molecule has 0 N–H and O–H groups in total. The van der Waals surface area contributed by atoms with Gasteiger partial charge in [-0.25, -0.2) is 4.79 Å². The van der Waals surface area contributed by atoms with Crippen molar-refractivity contribution in [1.82, 2.24) is 15.0 Å². The molecule has 5 rings (SSSR count). The second kappa shape index (κ2) is 8.54. The molecule has 0 bridgehead atoms. The van der Waals surface area contributed by atoms with Crippen LogP contribution in [0.1, 0.15) is 26.3 Å². The van der Waals surface area contributed by atoms with E-state index in [-0.39, 0.29) is 16.9 Å². The lowest BCUT2D eigenvalue weighted by atomic mass is 9.98. The average Bonchev–Trinajstić information content (AvgIpc) is 2.87. The molecule has 0 radical (unpaired) electrons. The van der Waals surface area contributed by atoms with Gasteiger partial charge >= 0.3 is 5.97 Å². The minimum absolute atomic E-state index is 0.0687. The summed E-state index contributed by atoms with van der Waals surface area (Å²) in [6, 6.07) is 17.9. The van der Waals surface area contributed by atoms with Gasteiger partial charge in [-0.1, -0.05) is 35.5 Å². The summed E-state index contributed by atoms with van der Waals surface area (Å²) >= 11 is 0. The first-order valence-electron chi connectivity index (χ1n) is 10.1. The van der Waals surface area contributed by atoms with Gasteiger partial charge in [-0.05, 0) is 36.4 Å². The second-order valence-electron chi connectivity index (χ2n) is 7.21. The van der Waals surface area contributed by atoms with Gasteiger partial charge in [0.25, 0.3) is 5.56 Å². The highest BCUT2D eigenvalue weighted by Gasteiger charge is 2.22. The third kappa shape index (κ3) is 3.91. The maximum atomic E-state index is 13.2. The topological polar surface area (TPSA) is 110 Å². The second-order valence-corrected chi connectivity index (χ2v) is 7.21. The van der Waals surface area contributed by atoms with Gasteiger partial charge in [0.1, 0.15) is 18.7 Å². The Bertz CT molecular complexity index is 1450. The van der Waals surface area contributed by atoms with E-state index in [0.29, 0.717) is 41.2 Å². The van der Waals surface area contributed by atoms with E-state index in [9.17, 15) is 14.4 Å². The maximum absolute atomic E-state index is 13.2. The Morgan fingerprint density at radius 3 is 2.48 bits per heavy atom. The fourth-order valence-electron chi connectivity index (χ4n) is 3.50. The summed E-state index contributed by atoms with van der Waals surface area (Å²) in [5.41, 5.74) is 0.584. The number of fused-ring (bicyclic) bond motifs is 2. The fourth-order valence-corrected chi connectivity index (χ4v) is 3.50. The number of hydrogen-bond acceptors (Lipinski definition) is 8. The number of nitrogens with zero attached hydrogens (tertiary/aromatic N) is 3. The van der Waals surface area contributed by atoms with Gasteiger partial charge in [0, 0.05) is 11.1 Å². The van der Waals surface area contributed by atoms with Crippen molar-refractivity contribution in [2.75, 3.05) is 13.2 Å². The van der Waals surface area contributed by atoms with Crippen LogP contribution < -0.4 is 15.0 Å². The summed E-state index contributed by atoms with van der Waals surface area (Å²) in [4.78, 5) is 38.5. The van der Waals surface area contributed by atoms with Crippen molar-refractivity contribution in [2.24, 2.45) is 0 Å². The smallest absolute Gasteiger partial charge is 0.340 e. The molecular weight excluding hydrogens is 426 g/mol. The van der Waals surface area contributed by atoms with Crippen molar-refractivity contribution in [2.45, 2.75) is 6.73 Å². The van der Waals surface area contributed by atoms with Crippen molar-refractivity contribution in [3.8, 4) is 11.5 Å². The molecule has 0 atom stereocenters. The van der Waals surface area contributed by atoms with Gasteiger partial charge < -0.3 is 14.2 Å². The molecule has 0 unspecified atom stereocenters. The van der Waals surface area contributed by atoms with Gasteiger partial charge in [0.15, 0.2) is 24.0 Å². The van der Waals surface area contributed by atoms with E-state index in [0.717, 1.165) is 4.68 Å². The van der Waals surface area contributed by atoms with Crippen LogP contribution in [0.5, 0.6) is 11.5 Å². The molecule has 33 heavy (non-hydrogen) atoms. The molecule has 0 saturated heterocycles. The van der Waals surface area contributed by atoms with Gasteiger partial charge in [0.05, 0.1) is 10.9 Å². The molecule has 0 aliphatic carbocycles. The Morgan fingerprint density at radius 1 is 0.909 bits per heavy atom. The Morgan fingerprint density at radius 2 is 1.64 bits per heavy atom. The van der Waals surface area contributed by atoms with Crippen molar-refractivity contribution in [3.05, 3.63) is 93.8 Å². The molecule has 0 saturated carbocycles. The lowest BCUT2D eigenvalue weighted by Crippen LogP contribution is -2.27. The largest absolute Gasteiger partial charge is 0.486 e. The lowest BCUT2D eigenvalue weighted by molar-refractivity contribution is 0.0334. The Labute approximate surface area is 187 Å². The molecule has 2 heterocycles. The molecule has 3 aromatic carbocycles. The molecule has 0 fully saturated rings. The highest BCUT2D eigenvalue weighted by Crippen LogP contribution is 2.31. The van der Waals surface area contributed by atoms with Gasteiger partial charge in [-0.2, -0.15) is 4.68 Å². The number of carbonyl (C=O) groups excluding carboxylic acids is 2. The number of aromatic nitrogens is 3. The molecule has 164 valence electrons. The van der Waals surface area contributed by atoms with Crippen molar-refractivity contribution >= 4 is 22.7 Å². The quantitative estimate of drug-likeness (QED) is 0.342. The van der Waals surface area contributed by atoms with Crippen LogP contribution in [0.15, 0.2) is 71.5 Å². The van der Waals surface area contributed by atoms with E-state index in [1.54, 1.807) is 54.6 Å². The first kappa shape index (κ1) is 20.4. The van der Waals surface area contributed by atoms with Crippen molar-refractivity contribution in [3.63, 3.8) is 0 Å². The normalized spacial score (nSPS) is 12.4. The molecule has 9 heteroatoms. The van der Waals surface area contributed by atoms with Crippen LogP contribution in [0.3, 0.4) is 0 Å².